The third-order valence-electron chi connectivity index (χ3n) is 8.00. The first kappa shape index (κ1) is 27.6. The highest BCUT2D eigenvalue weighted by molar-refractivity contribution is 5.98. The Morgan fingerprint density at radius 1 is 1.13 bits per heavy atom. The summed E-state index contributed by atoms with van der Waals surface area (Å²) in [6.07, 6.45) is 11.1. The van der Waals surface area contributed by atoms with Gasteiger partial charge in [0.2, 0.25) is 0 Å². The molecule has 4 rings (SSSR count). The van der Waals surface area contributed by atoms with Crippen molar-refractivity contribution in [1.82, 2.24) is 19.8 Å². The van der Waals surface area contributed by atoms with Gasteiger partial charge in [0, 0.05) is 61.8 Å². The number of hydrogen-bond acceptors (Lipinski definition) is 4. The summed E-state index contributed by atoms with van der Waals surface area (Å²) in [5.41, 5.74) is 5.13. The van der Waals surface area contributed by atoms with Gasteiger partial charge in [0.15, 0.2) is 0 Å². The van der Waals surface area contributed by atoms with Gasteiger partial charge < -0.3 is 19.7 Å². The fraction of sp³-hybridized carbons (Fsp3) is 0.438. The highest BCUT2D eigenvalue weighted by atomic mass is 16.1. The average molecular weight is 514 g/mol. The van der Waals surface area contributed by atoms with Gasteiger partial charge in [-0.1, -0.05) is 43.0 Å². The molecule has 1 aromatic heterocycles. The average Bonchev–Trinajstić information content (AvgIpc) is 3.37. The maximum absolute atomic E-state index is 13.4. The third-order valence-corrected chi connectivity index (χ3v) is 8.00. The molecular formula is C32H43N5O. The van der Waals surface area contributed by atoms with Gasteiger partial charge in [-0.15, -0.1) is 0 Å². The molecule has 0 atom stereocenters. The molecular weight excluding hydrogens is 470 g/mol. The van der Waals surface area contributed by atoms with Gasteiger partial charge in [-0.25, -0.2) is 4.98 Å². The summed E-state index contributed by atoms with van der Waals surface area (Å²) in [5, 5.41) is 3.15. The molecule has 6 nitrogen and oxygen atoms in total. The number of imidazole rings is 1. The standard InChI is InChI=1S/C32H43N5O/c1-6-25-21-29(24(3)30(22-25)37(7-2)28-15-13-27(14-16-28)35(4)5)32(38)34-18-17-31-33-19-20-36(31)23-26-11-9-8-10-12-26/h6,8-12,19-22,27-28H,1,7,13-18,23H2,2-5H3,(H,34,38)/t27-,28-. The van der Waals surface area contributed by atoms with Crippen molar-refractivity contribution in [3.05, 3.63) is 89.5 Å². The summed E-state index contributed by atoms with van der Waals surface area (Å²) in [4.78, 5) is 22.8. The summed E-state index contributed by atoms with van der Waals surface area (Å²) in [6, 6.07) is 15.7. The van der Waals surface area contributed by atoms with Crippen LogP contribution in [0.4, 0.5) is 5.69 Å². The van der Waals surface area contributed by atoms with E-state index in [1.54, 1.807) is 0 Å². The van der Waals surface area contributed by atoms with Crippen LogP contribution in [0.25, 0.3) is 6.08 Å². The number of benzene rings is 2. The van der Waals surface area contributed by atoms with E-state index in [0.29, 0.717) is 25.0 Å². The SMILES string of the molecule is C=Cc1cc(C(=O)NCCc2nccn2Cc2ccccc2)c(C)c(N(CC)[C@H]2CC[C@H](N(C)C)CC2)c1. The van der Waals surface area contributed by atoms with E-state index in [0.717, 1.165) is 41.3 Å². The zero-order valence-corrected chi connectivity index (χ0v) is 23.5. The molecule has 38 heavy (non-hydrogen) atoms. The molecule has 1 aliphatic rings. The van der Waals surface area contributed by atoms with E-state index >= 15 is 0 Å². The number of nitrogens with one attached hydrogen (secondary N) is 1. The van der Waals surface area contributed by atoms with Crippen LogP contribution in [0.3, 0.4) is 0 Å². The Morgan fingerprint density at radius 2 is 1.84 bits per heavy atom. The van der Waals surface area contributed by atoms with Crippen molar-refractivity contribution < 1.29 is 4.79 Å². The van der Waals surface area contributed by atoms with Crippen molar-refractivity contribution in [2.24, 2.45) is 0 Å². The lowest BCUT2D eigenvalue weighted by Gasteiger charge is -2.40. The Kier molecular flexibility index (Phi) is 9.40. The Labute approximate surface area is 228 Å². The Hall–Kier alpha value is -3.38. The first-order valence-electron chi connectivity index (χ1n) is 13.9. The lowest BCUT2D eigenvalue weighted by atomic mass is 9.88. The predicted molar refractivity (Wildman–Crippen MR) is 158 cm³/mol. The van der Waals surface area contributed by atoms with Crippen molar-refractivity contribution in [2.45, 2.75) is 64.6 Å². The monoisotopic (exact) mass is 513 g/mol. The molecule has 3 aromatic rings. The maximum Gasteiger partial charge on any atom is 0.251 e. The van der Waals surface area contributed by atoms with Gasteiger partial charge in [-0.3, -0.25) is 4.79 Å². The van der Waals surface area contributed by atoms with Crippen LogP contribution in [0.5, 0.6) is 0 Å². The Morgan fingerprint density at radius 3 is 2.50 bits per heavy atom. The molecule has 6 heteroatoms. The maximum atomic E-state index is 13.4. The largest absolute Gasteiger partial charge is 0.369 e. The van der Waals surface area contributed by atoms with Crippen LogP contribution >= 0.6 is 0 Å². The quantitative estimate of drug-likeness (QED) is 0.365. The number of aromatic nitrogens is 2. The number of carbonyl (C=O) groups excluding carboxylic acids is 1. The molecule has 0 aliphatic heterocycles. The molecule has 202 valence electrons. The van der Waals surface area contributed by atoms with Crippen LogP contribution in [0.15, 0.2) is 61.4 Å². The van der Waals surface area contributed by atoms with Gasteiger partial charge in [-0.05, 0) is 82.4 Å². The van der Waals surface area contributed by atoms with Crippen molar-refractivity contribution in [3.8, 4) is 0 Å². The molecule has 1 fully saturated rings. The molecule has 1 N–H and O–H groups in total. The van der Waals surface area contributed by atoms with E-state index in [-0.39, 0.29) is 5.91 Å². The summed E-state index contributed by atoms with van der Waals surface area (Å²) in [5.74, 6) is 0.929. The molecule has 2 aromatic carbocycles. The van der Waals surface area contributed by atoms with E-state index in [1.807, 2.05) is 30.6 Å². The third kappa shape index (κ3) is 6.54. The molecule has 1 saturated carbocycles. The Balaban J connectivity index is 1.44. The molecule has 1 heterocycles. The zero-order chi connectivity index (χ0) is 27.1. The highest BCUT2D eigenvalue weighted by Crippen LogP contribution is 2.33. The van der Waals surface area contributed by atoms with E-state index in [9.17, 15) is 4.79 Å². The summed E-state index contributed by atoms with van der Waals surface area (Å²) >= 11 is 0. The molecule has 1 aliphatic carbocycles. The second-order valence-electron chi connectivity index (χ2n) is 10.6. The van der Waals surface area contributed by atoms with Crippen LogP contribution in [0, 0.1) is 6.92 Å². The van der Waals surface area contributed by atoms with Crippen molar-refractivity contribution in [3.63, 3.8) is 0 Å². The van der Waals surface area contributed by atoms with Crippen LogP contribution in [-0.2, 0) is 13.0 Å². The van der Waals surface area contributed by atoms with Crippen LogP contribution in [0.1, 0.15) is 65.5 Å². The Bertz CT molecular complexity index is 1210. The number of nitrogens with zero attached hydrogens (tertiary/aromatic N) is 4. The molecule has 0 bridgehead atoms. The lowest BCUT2D eigenvalue weighted by molar-refractivity contribution is 0.0953. The highest BCUT2D eigenvalue weighted by Gasteiger charge is 2.28. The van der Waals surface area contributed by atoms with Crippen LogP contribution < -0.4 is 10.2 Å². The van der Waals surface area contributed by atoms with Gasteiger partial charge in [-0.2, -0.15) is 0 Å². The van der Waals surface area contributed by atoms with Crippen molar-refractivity contribution >= 4 is 17.7 Å². The molecule has 0 saturated heterocycles. The lowest BCUT2D eigenvalue weighted by Crippen LogP contribution is -2.42. The van der Waals surface area contributed by atoms with E-state index in [4.69, 9.17) is 0 Å². The van der Waals surface area contributed by atoms with E-state index in [2.05, 4.69) is 89.5 Å². The number of anilines is 1. The minimum atomic E-state index is -0.0408. The minimum Gasteiger partial charge on any atom is -0.369 e. The summed E-state index contributed by atoms with van der Waals surface area (Å²) in [7, 11) is 4.36. The van der Waals surface area contributed by atoms with Gasteiger partial charge in [0.25, 0.3) is 5.91 Å². The minimum absolute atomic E-state index is 0.0408. The second kappa shape index (κ2) is 12.9. The predicted octanol–water partition coefficient (Wildman–Crippen LogP) is 5.55. The zero-order valence-electron chi connectivity index (χ0n) is 23.5. The number of carbonyl (C=O) groups is 1. The second-order valence-corrected chi connectivity index (χ2v) is 10.6. The van der Waals surface area contributed by atoms with E-state index < -0.39 is 0 Å². The van der Waals surface area contributed by atoms with Gasteiger partial charge in [0.05, 0.1) is 0 Å². The van der Waals surface area contributed by atoms with Crippen LogP contribution in [0.2, 0.25) is 0 Å². The summed E-state index contributed by atoms with van der Waals surface area (Å²) in [6.45, 7) is 10.5. The first-order valence-corrected chi connectivity index (χ1v) is 13.9. The fourth-order valence-electron chi connectivity index (χ4n) is 5.76. The molecule has 1 amide bonds. The molecule has 0 radical (unpaired) electrons. The molecule has 0 unspecified atom stereocenters. The van der Waals surface area contributed by atoms with Crippen molar-refractivity contribution in [1.29, 1.82) is 0 Å². The van der Waals surface area contributed by atoms with E-state index in [1.165, 1.54) is 31.2 Å². The normalized spacial score (nSPS) is 17.4. The van der Waals surface area contributed by atoms with Gasteiger partial charge >= 0.3 is 0 Å². The number of amides is 1. The molecule has 0 spiro atoms. The number of hydrogen-bond donors (Lipinski definition) is 1. The van der Waals surface area contributed by atoms with Crippen LogP contribution in [-0.4, -0.2) is 59.6 Å². The number of rotatable bonds is 11. The smallest absolute Gasteiger partial charge is 0.251 e. The van der Waals surface area contributed by atoms with Gasteiger partial charge in [0.1, 0.15) is 5.82 Å². The fourth-order valence-corrected chi connectivity index (χ4v) is 5.76. The topological polar surface area (TPSA) is 53.4 Å². The van der Waals surface area contributed by atoms with Crippen molar-refractivity contribution in [2.75, 3.05) is 32.1 Å². The first-order chi connectivity index (χ1) is 18.4. The summed E-state index contributed by atoms with van der Waals surface area (Å²) < 4.78 is 2.15.